The molecule has 156 valence electrons. The second kappa shape index (κ2) is 7.21. The van der Waals surface area contributed by atoms with Crippen LogP contribution in [0.4, 0.5) is 11.5 Å². The number of anilines is 2. The Bertz CT molecular complexity index is 1100. The molecular formula is C22H25N5O2S. The Labute approximate surface area is 179 Å². The topological polar surface area (TPSA) is 70.6 Å². The lowest BCUT2D eigenvalue weighted by Gasteiger charge is -2.39. The lowest BCUT2D eigenvalue weighted by atomic mass is 10.1. The normalized spacial score (nSPS) is 19.8. The zero-order chi connectivity index (χ0) is 20.9. The third-order valence-electron chi connectivity index (χ3n) is 6.03. The van der Waals surface area contributed by atoms with Gasteiger partial charge in [0.1, 0.15) is 17.3 Å². The molecule has 0 spiro atoms. The monoisotopic (exact) mass is 423 g/mol. The van der Waals surface area contributed by atoms with Gasteiger partial charge in [0.15, 0.2) is 5.60 Å². The molecule has 8 heteroatoms. The largest absolute Gasteiger partial charge is 0.476 e. The molecule has 1 amide bonds. The van der Waals surface area contributed by atoms with E-state index < -0.39 is 5.60 Å². The van der Waals surface area contributed by atoms with Crippen LogP contribution >= 0.6 is 11.3 Å². The molecular weight excluding hydrogens is 398 g/mol. The number of benzene rings is 1. The summed E-state index contributed by atoms with van der Waals surface area (Å²) in [5, 5.41) is 2.87. The van der Waals surface area contributed by atoms with E-state index in [4.69, 9.17) is 4.74 Å². The van der Waals surface area contributed by atoms with Crippen molar-refractivity contribution in [2.45, 2.75) is 32.4 Å². The average molecular weight is 424 g/mol. The number of hydrogen-bond donors (Lipinski definition) is 1. The van der Waals surface area contributed by atoms with E-state index in [0.717, 1.165) is 37.5 Å². The molecule has 1 N–H and O–H groups in total. The van der Waals surface area contributed by atoms with Crippen molar-refractivity contribution in [3.63, 3.8) is 0 Å². The lowest BCUT2D eigenvalue weighted by Crippen LogP contribution is -2.48. The zero-order valence-corrected chi connectivity index (χ0v) is 18.2. The van der Waals surface area contributed by atoms with Gasteiger partial charge in [0, 0.05) is 38.3 Å². The predicted octanol–water partition coefficient (Wildman–Crippen LogP) is 3.68. The molecule has 3 aromatic rings. The number of fused-ring (bicyclic) bond motifs is 2. The molecule has 0 bridgehead atoms. The second-order valence-corrected chi connectivity index (χ2v) is 9.27. The fourth-order valence-corrected chi connectivity index (χ4v) is 4.71. The van der Waals surface area contributed by atoms with Gasteiger partial charge in [0.05, 0.1) is 21.9 Å². The van der Waals surface area contributed by atoms with E-state index in [0.29, 0.717) is 17.5 Å². The maximum atomic E-state index is 12.1. The number of nitrogens with zero attached hydrogens (tertiary/aromatic N) is 4. The second-order valence-electron chi connectivity index (χ2n) is 8.38. The van der Waals surface area contributed by atoms with E-state index in [1.54, 1.807) is 31.4 Å². The van der Waals surface area contributed by atoms with Crippen LogP contribution in [0.15, 0.2) is 36.0 Å². The SMILES string of the molecule is CC(c1ccc2scnc2c1)N1CCN(c2cc3c(cn2)NC(=O)C(C)(C)O3)CC1. The minimum atomic E-state index is -0.877. The number of aromatic nitrogens is 2. The van der Waals surface area contributed by atoms with Gasteiger partial charge >= 0.3 is 0 Å². The Morgan fingerprint density at radius 2 is 1.97 bits per heavy atom. The van der Waals surface area contributed by atoms with Gasteiger partial charge in [-0.25, -0.2) is 9.97 Å². The van der Waals surface area contributed by atoms with Crippen LogP contribution in [-0.2, 0) is 4.79 Å². The highest BCUT2D eigenvalue weighted by Gasteiger charge is 2.36. The van der Waals surface area contributed by atoms with Gasteiger partial charge in [-0.05, 0) is 38.5 Å². The minimum absolute atomic E-state index is 0.150. The third-order valence-corrected chi connectivity index (χ3v) is 6.84. The van der Waals surface area contributed by atoms with Gasteiger partial charge < -0.3 is 15.0 Å². The van der Waals surface area contributed by atoms with Crippen molar-refractivity contribution in [2.75, 3.05) is 36.4 Å². The summed E-state index contributed by atoms with van der Waals surface area (Å²) in [6.07, 6.45) is 1.69. The van der Waals surface area contributed by atoms with Crippen molar-refractivity contribution in [3.05, 3.63) is 41.5 Å². The fourth-order valence-electron chi connectivity index (χ4n) is 4.06. The predicted molar refractivity (Wildman–Crippen MR) is 119 cm³/mol. The Kier molecular flexibility index (Phi) is 4.63. The summed E-state index contributed by atoms with van der Waals surface area (Å²) in [5.74, 6) is 1.41. The minimum Gasteiger partial charge on any atom is -0.476 e. The first-order valence-corrected chi connectivity index (χ1v) is 11.1. The fraction of sp³-hybridized carbons (Fsp3) is 0.409. The molecule has 4 heterocycles. The van der Waals surface area contributed by atoms with Crippen molar-refractivity contribution in [3.8, 4) is 5.75 Å². The zero-order valence-electron chi connectivity index (χ0n) is 17.4. The standard InChI is InChI=1S/C22H25N5O2S/c1-14(15-4-5-19-16(10-15)24-13-30-19)26-6-8-27(9-7-26)20-11-18-17(12-23-20)25-21(28)22(2,3)29-18/h4-5,10-14H,6-9H2,1-3H3,(H,25,28). The van der Waals surface area contributed by atoms with Gasteiger partial charge in [-0.1, -0.05) is 6.07 Å². The molecule has 0 aliphatic carbocycles. The molecule has 30 heavy (non-hydrogen) atoms. The summed E-state index contributed by atoms with van der Waals surface area (Å²) < 4.78 is 7.15. The molecule has 0 saturated carbocycles. The highest BCUT2D eigenvalue weighted by atomic mass is 32.1. The lowest BCUT2D eigenvalue weighted by molar-refractivity contribution is -0.129. The maximum Gasteiger partial charge on any atom is 0.268 e. The van der Waals surface area contributed by atoms with Crippen molar-refractivity contribution >= 4 is 39.0 Å². The number of rotatable bonds is 3. The van der Waals surface area contributed by atoms with Crippen molar-refractivity contribution < 1.29 is 9.53 Å². The molecule has 2 aliphatic heterocycles. The highest BCUT2D eigenvalue weighted by molar-refractivity contribution is 7.16. The summed E-state index contributed by atoms with van der Waals surface area (Å²) in [7, 11) is 0. The Morgan fingerprint density at radius 1 is 1.17 bits per heavy atom. The molecule has 7 nitrogen and oxygen atoms in total. The Hall–Kier alpha value is -2.71. The van der Waals surface area contributed by atoms with E-state index in [-0.39, 0.29) is 5.91 Å². The van der Waals surface area contributed by atoms with Gasteiger partial charge in [0.2, 0.25) is 0 Å². The summed E-state index contributed by atoms with van der Waals surface area (Å²) in [6.45, 7) is 9.51. The first kappa shape index (κ1) is 19.3. The van der Waals surface area contributed by atoms with E-state index >= 15 is 0 Å². The summed E-state index contributed by atoms with van der Waals surface area (Å²) >= 11 is 1.68. The summed E-state index contributed by atoms with van der Waals surface area (Å²) in [6, 6.07) is 8.88. The summed E-state index contributed by atoms with van der Waals surface area (Å²) in [5.41, 5.74) is 4.04. The number of nitrogens with one attached hydrogen (secondary N) is 1. The van der Waals surface area contributed by atoms with E-state index in [1.807, 2.05) is 11.6 Å². The first-order chi connectivity index (χ1) is 14.4. The number of ether oxygens (including phenoxy) is 1. The van der Waals surface area contributed by atoms with Gasteiger partial charge in [-0.2, -0.15) is 0 Å². The van der Waals surface area contributed by atoms with Crippen LogP contribution in [0.2, 0.25) is 0 Å². The number of piperazine rings is 1. The quantitative estimate of drug-likeness (QED) is 0.693. The van der Waals surface area contributed by atoms with E-state index in [9.17, 15) is 4.79 Å². The molecule has 2 aromatic heterocycles. The van der Waals surface area contributed by atoms with Crippen molar-refractivity contribution in [1.82, 2.24) is 14.9 Å². The van der Waals surface area contributed by atoms with Crippen LogP contribution in [0.5, 0.6) is 5.75 Å². The number of hydrogen-bond acceptors (Lipinski definition) is 7. The van der Waals surface area contributed by atoms with Gasteiger partial charge in [-0.15, -0.1) is 11.3 Å². The van der Waals surface area contributed by atoms with Crippen molar-refractivity contribution in [1.29, 1.82) is 0 Å². The molecule has 2 aliphatic rings. The number of thiazole rings is 1. The molecule has 1 fully saturated rings. The number of carbonyl (C=O) groups excluding carboxylic acids is 1. The highest BCUT2D eigenvalue weighted by Crippen LogP contribution is 2.35. The molecule has 5 rings (SSSR count). The average Bonchev–Trinajstić information content (AvgIpc) is 3.21. The molecule has 1 saturated heterocycles. The van der Waals surface area contributed by atoms with Crippen molar-refractivity contribution in [2.24, 2.45) is 0 Å². The summed E-state index contributed by atoms with van der Waals surface area (Å²) in [4.78, 5) is 25.8. The molecule has 1 aromatic carbocycles. The number of amides is 1. The molecule has 1 unspecified atom stereocenters. The smallest absolute Gasteiger partial charge is 0.268 e. The number of pyridine rings is 1. The Balaban J connectivity index is 1.27. The van der Waals surface area contributed by atoms with Gasteiger partial charge in [0.25, 0.3) is 5.91 Å². The van der Waals surface area contributed by atoms with Crippen LogP contribution in [-0.4, -0.2) is 52.6 Å². The third kappa shape index (κ3) is 3.40. The van der Waals surface area contributed by atoms with Gasteiger partial charge in [-0.3, -0.25) is 9.69 Å². The van der Waals surface area contributed by atoms with Crippen LogP contribution in [0.25, 0.3) is 10.2 Å². The molecule has 1 atom stereocenters. The van der Waals surface area contributed by atoms with Crippen LogP contribution in [0, 0.1) is 0 Å². The van der Waals surface area contributed by atoms with E-state index in [1.165, 1.54) is 10.3 Å². The van der Waals surface area contributed by atoms with Crippen LogP contribution in [0.3, 0.4) is 0 Å². The number of carbonyl (C=O) groups is 1. The maximum absolute atomic E-state index is 12.1. The van der Waals surface area contributed by atoms with Crippen LogP contribution in [0.1, 0.15) is 32.4 Å². The first-order valence-electron chi connectivity index (χ1n) is 10.2. The Morgan fingerprint density at radius 3 is 2.77 bits per heavy atom. The van der Waals surface area contributed by atoms with E-state index in [2.05, 4.69) is 50.2 Å². The van der Waals surface area contributed by atoms with Crippen LogP contribution < -0.4 is 15.0 Å². The molecule has 0 radical (unpaired) electrons.